The first kappa shape index (κ1) is 9.44. The highest BCUT2D eigenvalue weighted by Gasteiger charge is 2.07. The first-order valence-corrected chi connectivity index (χ1v) is 3.77. The summed E-state index contributed by atoms with van der Waals surface area (Å²) in [5, 5.41) is 2.26. The van der Waals surface area contributed by atoms with E-state index in [9.17, 15) is 14.0 Å². The topological polar surface area (TPSA) is 62.0 Å². The number of H-pyrrole nitrogens is 1. The molecule has 13 heavy (non-hydrogen) atoms. The molecule has 1 amide bonds. The summed E-state index contributed by atoms with van der Waals surface area (Å²) in [6.07, 6.45) is 2.71. The predicted molar refractivity (Wildman–Crippen MR) is 45.4 cm³/mol. The van der Waals surface area contributed by atoms with Gasteiger partial charge in [0, 0.05) is 25.0 Å². The van der Waals surface area contributed by atoms with Gasteiger partial charge in [-0.1, -0.05) is 0 Å². The number of aromatic nitrogens is 1. The summed E-state index contributed by atoms with van der Waals surface area (Å²) < 4.78 is 11.7. The van der Waals surface area contributed by atoms with Crippen molar-refractivity contribution in [1.29, 1.82) is 0 Å². The Bertz CT molecular complexity index is 348. The zero-order valence-electron chi connectivity index (χ0n) is 6.84. The van der Waals surface area contributed by atoms with Crippen LogP contribution in [-0.2, 0) is 0 Å². The van der Waals surface area contributed by atoms with Crippen molar-refractivity contribution in [3.63, 3.8) is 0 Å². The average Bonchev–Trinajstić information content (AvgIpc) is 2.15. The van der Waals surface area contributed by atoms with Crippen molar-refractivity contribution in [3.8, 4) is 0 Å². The quantitative estimate of drug-likeness (QED) is 0.698. The van der Waals surface area contributed by atoms with Crippen LogP contribution in [0.1, 0.15) is 10.4 Å². The number of carbonyl (C=O) groups is 1. The van der Waals surface area contributed by atoms with Crippen LogP contribution in [0.5, 0.6) is 0 Å². The van der Waals surface area contributed by atoms with Gasteiger partial charge in [0.2, 0.25) is 0 Å². The second-order valence-electron chi connectivity index (χ2n) is 2.37. The molecule has 0 saturated carbocycles. The van der Waals surface area contributed by atoms with Crippen molar-refractivity contribution in [2.24, 2.45) is 0 Å². The van der Waals surface area contributed by atoms with Gasteiger partial charge in [-0.05, 0) is 0 Å². The van der Waals surface area contributed by atoms with Crippen molar-refractivity contribution in [2.75, 3.05) is 13.2 Å². The lowest BCUT2D eigenvalue weighted by Crippen LogP contribution is -2.29. The Labute approximate surface area is 73.8 Å². The van der Waals surface area contributed by atoms with Gasteiger partial charge >= 0.3 is 0 Å². The number of alkyl halides is 1. The Kier molecular flexibility index (Phi) is 3.19. The maximum Gasteiger partial charge on any atom is 0.256 e. The first-order chi connectivity index (χ1) is 6.25. The SMILES string of the molecule is O=C(NCCF)c1c[nH]ccc1=O. The smallest absolute Gasteiger partial charge is 0.256 e. The zero-order chi connectivity index (χ0) is 9.68. The molecule has 0 saturated heterocycles. The molecule has 0 fully saturated rings. The van der Waals surface area contributed by atoms with Crippen LogP contribution in [0.15, 0.2) is 23.3 Å². The van der Waals surface area contributed by atoms with Gasteiger partial charge in [0.25, 0.3) is 5.91 Å². The highest BCUT2D eigenvalue weighted by Crippen LogP contribution is 1.86. The molecule has 0 atom stereocenters. The molecular weight excluding hydrogens is 175 g/mol. The van der Waals surface area contributed by atoms with Crippen LogP contribution >= 0.6 is 0 Å². The Hall–Kier alpha value is -1.65. The third-order valence-corrected chi connectivity index (χ3v) is 1.45. The average molecular weight is 184 g/mol. The second-order valence-corrected chi connectivity index (χ2v) is 2.37. The first-order valence-electron chi connectivity index (χ1n) is 3.77. The number of pyridine rings is 1. The number of hydrogen-bond acceptors (Lipinski definition) is 2. The van der Waals surface area contributed by atoms with Gasteiger partial charge < -0.3 is 10.3 Å². The van der Waals surface area contributed by atoms with Crippen molar-refractivity contribution < 1.29 is 9.18 Å². The lowest BCUT2D eigenvalue weighted by atomic mass is 10.2. The van der Waals surface area contributed by atoms with E-state index in [0.29, 0.717) is 0 Å². The van der Waals surface area contributed by atoms with E-state index in [1.165, 1.54) is 18.5 Å². The summed E-state index contributed by atoms with van der Waals surface area (Å²) in [7, 11) is 0. The molecule has 2 N–H and O–H groups in total. The molecule has 0 aliphatic carbocycles. The van der Waals surface area contributed by atoms with Crippen LogP contribution < -0.4 is 10.7 Å². The van der Waals surface area contributed by atoms with Crippen LogP contribution in [0.25, 0.3) is 0 Å². The number of halogens is 1. The minimum absolute atomic E-state index is 0.00375. The van der Waals surface area contributed by atoms with Gasteiger partial charge in [0.15, 0.2) is 5.43 Å². The fourth-order valence-corrected chi connectivity index (χ4v) is 0.850. The van der Waals surface area contributed by atoms with E-state index in [0.717, 1.165) is 0 Å². The lowest BCUT2D eigenvalue weighted by Gasteiger charge is -2.00. The minimum Gasteiger partial charge on any atom is -0.367 e. The molecule has 0 aliphatic heterocycles. The summed E-state index contributed by atoms with van der Waals surface area (Å²) in [4.78, 5) is 24.8. The van der Waals surface area contributed by atoms with E-state index >= 15 is 0 Å². The van der Waals surface area contributed by atoms with E-state index < -0.39 is 12.6 Å². The summed E-state index contributed by atoms with van der Waals surface area (Å²) in [6.45, 7) is -0.719. The molecule has 0 radical (unpaired) electrons. The highest BCUT2D eigenvalue weighted by atomic mass is 19.1. The van der Waals surface area contributed by atoms with Gasteiger partial charge in [-0.2, -0.15) is 0 Å². The van der Waals surface area contributed by atoms with Crippen LogP contribution in [0.3, 0.4) is 0 Å². The Morgan fingerprint density at radius 2 is 2.38 bits per heavy atom. The third kappa shape index (κ3) is 2.40. The predicted octanol–water partition coefficient (Wildman–Crippen LogP) is 0.0742. The summed E-state index contributed by atoms with van der Waals surface area (Å²) in [5.74, 6) is -0.556. The summed E-state index contributed by atoms with van der Waals surface area (Å²) in [5.41, 5.74) is -0.383. The molecule has 1 aromatic rings. The normalized spacial score (nSPS) is 9.62. The molecule has 0 aliphatic rings. The van der Waals surface area contributed by atoms with Crippen LogP contribution in [0.4, 0.5) is 4.39 Å². The molecular formula is C8H9FN2O2. The molecule has 5 heteroatoms. The number of carbonyl (C=O) groups excluding carboxylic acids is 1. The Morgan fingerprint density at radius 3 is 3.00 bits per heavy atom. The van der Waals surface area contributed by atoms with E-state index in [1.807, 2.05) is 0 Å². The monoisotopic (exact) mass is 184 g/mol. The van der Waals surface area contributed by atoms with Gasteiger partial charge in [-0.3, -0.25) is 9.59 Å². The largest absolute Gasteiger partial charge is 0.367 e. The minimum atomic E-state index is -0.642. The zero-order valence-corrected chi connectivity index (χ0v) is 6.84. The summed E-state index contributed by atoms with van der Waals surface area (Å²) in [6, 6.07) is 1.24. The van der Waals surface area contributed by atoms with Crippen molar-refractivity contribution in [3.05, 3.63) is 34.2 Å². The molecule has 0 bridgehead atoms. The maximum atomic E-state index is 11.7. The highest BCUT2D eigenvalue weighted by molar-refractivity contribution is 5.93. The fourth-order valence-electron chi connectivity index (χ4n) is 0.850. The molecule has 4 nitrogen and oxygen atoms in total. The van der Waals surface area contributed by atoms with Gasteiger partial charge in [-0.15, -0.1) is 0 Å². The van der Waals surface area contributed by atoms with Crippen molar-refractivity contribution in [2.45, 2.75) is 0 Å². The molecule has 0 unspecified atom stereocenters. The van der Waals surface area contributed by atoms with Gasteiger partial charge in [-0.25, -0.2) is 4.39 Å². The van der Waals surface area contributed by atoms with E-state index in [-0.39, 0.29) is 17.5 Å². The van der Waals surface area contributed by atoms with Crippen molar-refractivity contribution in [1.82, 2.24) is 10.3 Å². The molecule has 1 rings (SSSR count). The Balaban J connectivity index is 2.77. The molecule has 70 valence electrons. The van der Waals surface area contributed by atoms with E-state index in [2.05, 4.69) is 10.3 Å². The Morgan fingerprint density at radius 1 is 1.62 bits per heavy atom. The number of rotatable bonds is 3. The van der Waals surface area contributed by atoms with Crippen LogP contribution in [0, 0.1) is 0 Å². The maximum absolute atomic E-state index is 11.7. The van der Waals surface area contributed by atoms with Gasteiger partial charge in [0.1, 0.15) is 12.2 Å². The van der Waals surface area contributed by atoms with E-state index in [1.54, 1.807) is 0 Å². The van der Waals surface area contributed by atoms with E-state index in [4.69, 9.17) is 0 Å². The number of aromatic amines is 1. The fraction of sp³-hybridized carbons (Fsp3) is 0.250. The number of amides is 1. The lowest BCUT2D eigenvalue weighted by molar-refractivity contribution is 0.0949. The summed E-state index contributed by atoms with van der Waals surface area (Å²) >= 11 is 0. The second kappa shape index (κ2) is 4.39. The number of hydrogen-bond donors (Lipinski definition) is 2. The van der Waals surface area contributed by atoms with Gasteiger partial charge in [0.05, 0.1) is 0 Å². The standard InChI is InChI=1S/C8H9FN2O2/c9-2-4-11-8(13)6-5-10-3-1-7(6)12/h1,3,5H,2,4H2,(H,10,12)(H,11,13). The molecule has 0 spiro atoms. The van der Waals surface area contributed by atoms with Crippen LogP contribution in [0.2, 0.25) is 0 Å². The molecule has 0 aromatic carbocycles. The number of nitrogens with one attached hydrogen (secondary N) is 2. The third-order valence-electron chi connectivity index (χ3n) is 1.45. The van der Waals surface area contributed by atoms with Crippen LogP contribution in [-0.4, -0.2) is 24.1 Å². The van der Waals surface area contributed by atoms with Crippen molar-refractivity contribution >= 4 is 5.91 Å². The molecule has 1 aromatic heterocycles. The molecule has 1 heterocycles.